The fourth-order valence-electron chi connectivity index (χ4n) is 0. The first-order valence-electron chi connectivity index (χ1n) is 0. The Balaban J connectivity index is 0. The first-order chi connectivity index (χ1) is 0. The largest absolute Gasteiger partial charge is 0.412 e. The molecule has 25 valence electrons. The van der Waals surface area contributed by atoms with Gasteiger partial charge in [-0.3, -0.25) is 0 Å². The van der Waals surface area contributed by atoms with Crippen LogP contribution in [-0.4, -0.2) is 5.48 Å². The van der Waals surface area contributed by atoms with E-state index in [4.69, 9.17) is 0 Å². The van der Waals surface area contributed by atoms with E-state index in [1.165, 1.54) is 0 Å². The molecule has 0 unspecified atom stereocenters. The van der Waals surface area contributed by atoms with Gasteiger partial charge in [0.15, 0.2) is 0 Å². The molecule has 0 bridgehead atoms. The molecule has 0 spiro atoms. The second-order valence-electron chi connectivity index (χ2n) is 0. The fourth-order valence-corrected chi connectivity index (χ4v) is 0. The topological polar surface area (TPSA) is 31.5 Å². The van der Waals surface area contributed by atoms with Crippen LogP contribution in [0.1, 0.15) is 0 Å². The summed E-state index contributed by atoms with van der Waals surface area (Å²) in [5.41, 5.74) is 0. The van der Waals surface area contributed by atoms with Crippen molar-refractivity contribution in [2.24, 2.45) is 0 Å². The minimum Gasteiger partial charge on any atom is -0.412 e. The zero-order valence-electron chi connectivity index (χ0n) is 1.80. The summed E-state index contributed by atoms with van der Waals surface area (Å²) in [5.74, 6) is 0. The van der Waals surface area contributed by atoms with E-state index in [2.05, 4.69) is 0 Å². The molecule has 0 aliphatic heterocycles. The molecule has 1 radical (unpaired) electrons. The first kappa shape index (κ1) is 41.7. The molecule has 0 aliphatic rings. The second kappa shape index (κ2) is 21.6. The third-order valence-corrected chi connectivity index (χ3v) is 0. The standard InChI is InChI=1S/Fe.H2O.Ti.V/h;1H2;;. The molecule has 0 aromatic heterocycles. The van der Waals surface area contributed by atoms with Gasteiger partial charge in [-0.2, -0.15) is 0 Å². The molecule has 0 aromatic carbocycles. The summed E-state index contributed by atoms with van der Waals surface area (Å²) in [6, 6.07) is 0. The van der Waals surface area contributed by atoms with Crippen LogP contribution >= 0.6 is 0 Å². The predicted octanol–water partition coefficient (Wildman–Crippen LogP) is -0.832. The van der Waals surface area contributed by atoms with Crippen molar-refractivity contribution in [3.8, 4) is 0 Å². The van der Waals surface area contributed by atoms with Crippen LogP contribution in [0.25, 0.3) is 0 Å². The normalized spacial score (nSPS) is 0. The Hall–Kier alpha value is 1.78. The zero-order valence-corrected chi connectivity index (χ0v) is 5.86. The molecular weight excluding hydrogens is 171 g/mol. The van der Waals surface area contributed by atoms with Gasteiger partial charge in [0.05, 0.1) is 0 Å². The summed E-state index contributed by atoms with van der Waals surface area (Å²) in [5, 5.41) is 0. The van der Waals surface area contributed by atoms with Gasteiger partial charge in [-0.1, -0.05) is 0 Å². The molecular formula is H2FeOTiV. The van der Waals surface area contributed by atoms with Gasteiger partial charge in [0.1, 0.15) is 0 Å². The van der Waals surface area contributed by atoms with Crippen LogP contribution in [-0.2, 0) is 57.3 Å². The van der Waals surface area contributed by atoms with Crippen molar-refractivity contribution in [2.45, 2.75) is 0 Å². The summed E-state index contributed by atoms with van der Waals surface area (Å²) in [4.78, 5) is 0. The van der Waals surface area contributed by atoms with Crippen LogP contribution in [0.3, 0.4) is 0 Å². The Morgan fingerprint density at radius 3 is 1.00 bits per heavy atom. The van der Waals surface area contributed by atoms with Crippen molar-refractivity contribution in [3.63, 3.8) is 0 Å². The fraction of sp³-hybridized carbons (Fsp3) is 0. The van der Waals surface area contributed by atoms with Crippen molar-refractivity contribution in [2.75, 3.05) is 0 Å². The monoisotopic (exact) mass is 173 g/mol. The quantitative estimate of drug-likeness (QED) is 0.428. The van der Waals surface area contributed by atoms with E-state index in [0.717, 1.165) is 0 Å². The molecule has 0 saturated heterocycles. The van der Waals surface area contributed by atoms with Gasteiger partial charge in [0.2, 0.25) is 0 Å². The molecule has 0 fully saturated rings. The van der Waals surface area contributed by atoms with Crippen molar-refractivity contribution in [1.29, 1.82) is 0 Å². The number of hydrogen-bond donors (Lipinski definition) is 0. The average Bonchev–Trinajstić information content (AvgIpc) is 0. The molecule has 0 rings (SSSR count). The van der Waals surface area contributed by atoms with Gasteiger partial charge in [-0.05, 0) is 0 Å². The SMILES string of the molecule is O.[Fe].[Ti].[V]. The summed E-state index contributed by atoms with van der Waals surface area (Å²) < 4.78 is 0. The van der Waals surface area contributed by atoms with E-state index in [0.29, 0.717) is 0 Å². The van der Waals surface area contributed by atoms with Crippen LogP contribution in [0.15, 0.2) is 0 Å². The van der Waals surface area contributed by atoms with E-state index in [1.54, 1.807) is 0 Å². The third-order valence-electron chi connectivity index (χ3n) is 0. The van der Waals surface area contributed by atoms with E-state index >= 15 is 0 Å². The molecule has 4 heteroatoms. The van der Waals surface area contributed by atoms with Gasteiger partial charge in [0.25, 0.3) is 0 Å². The molecule has 1 nitrogen and oxygen atoms in total. The van der Waals surface area contributed by atoms with Crippen LogP contribution in [0.2, 0.25) is 0 Å². The van der Waals surface area contributed by atoms with Crippen molar-refractivity contribution in [1.82, 2.24) is 0 Å². The summed E-state index contributed by atoms with van der Waals surface area (Å²) in [6.07, 6.45) is 0. The smallest absolute Gasteiger partial charge is 0 e. The minimum absolute atomic E-state index is 0. The second-order valence-corrected chi connectivity index (χ2v) is 0. The Bertz CT molecular complexity index is 8.00. The summed E-state index contributed by atoms with van der Waals surface area (Å²) in [6.45, 7) is 0. The molecule has 0 saturated carbocycles. The van der Waals surface area contributed by atoms with Crippen molar-refractivity contribution >= 4 is 0 Å². The Labute approximate surface area is 62.5 Å². The predicted molar refractivity (Wildman–Crippen MR) is 3.61 cm³/mol. The zero-order chi connectivity index (χ0) is 0. The minimum atomic E-state index is 0. The van der Waals surface area contributed by atoms with Crippen molar-refractivity contribution < 1.29 is 62.8 Å². The molecule has 4 heavy (non-hydrogen) atoms. The van der Waals surface area contributed by atoms with Crippen LogP contribution in [0.4, 0.5) is 0 Å². The third kappa shape index (κ3) is 9.22. The van der Waals surface area contributed by atoms with Gasteiger partial charge in [0, 0.05) is 57.3 Å². The van der Waals surface area contributed by atoms with E-state index in [1.807, 2.05) is 0 Å². The number of rotatable bonds is 0. The molecule has 0 aromatic rings. The summed E-state index contributed by atoms with van der Waals surface area (Å²) >= 11 is 0. The van der Waals surface area contributed by atoms with Crippen molar-refractivity contribution in [3.05, 3.63) is 0 Å². The first-order valence-corrected chi connectivity index (χ1v) is 0. The van der Waals surface area contributed by atoms with E-state index in [9.17, 15) is 0 Å². The Kier molecular flexibility index (Phi) is 225. The summed E-state index contributed by atoms with van der Waals surface area (Å²) in [7, 11) is 0. The maximum Gasteiger partial charge on any atom is 0 e. The number of hydrogen-bond acceptors (Lipinski definition) is 0. The Morgan fingerprint density at radius 2 is 1.00 bits per heavy atom. The van der Waals surface area contributed by atoms with Crippen LogP contribution in [0, 0.1) is 0 Å². The van der Waals surface area contributed by atoms with Crippen LogP contribution < -0.4 is 0 Å². The van der Waals surface area contributed by atoms with E-state index in [-0.39, 0.29) is 62.8 Å². The Morgan fingerprint density at radius 1 is 1.00 bits per heavy atom. The maximum atomic E-state index is 0. The molecule has 2 N–H and O–H groups in total. The van der Waals surface area contributed by atoms with Crippen LogP contribution in [0.5, 0.6) is 0 Å². The maximum absolute atomic E-state index is 0. The molecule has 0 amide bonds. The van der Waals surface area contributed by atoms with Gasteiger partial charge in [-0.25, -0.2) is 0 Å². The average molecular weight is 173 g/mol. The van der Waals surface area contributed by atoms with E-state index < -0.39 is 0 Å². The molecule has 0 atom stereocenters. The molecule has 0 aliphatic carbocycles. The van der Waals surface area contributed by atoms with Gasteiger partial charge >= 0.3 is 0 Å². The molecule has 0 heterocycles. The van der Waals surface area contributed by atoms with Gasteiger partial charge < -0.3 is 5.48 Å². The van der Waals surface area contributed by atoms with Gasteiger partial charge in [-0.15, -0.1) is 0 Å².